The average molecular weight is 408 g/mol. The molecule has 3 aromatic rings. The van der Waals surface area contributed by atoms with Crippen LogP contribution in [0, 0.1) is 13.8 Å². The van der Waals surface area contributed by atoms with Crippen molar-refractivity contribution in [2.24, 2.45) is 0 Å². The van der Waals surface area contributed by atoms with Gasteiger partial charge in [-0.3, -0.25) is 0 Å². The Morgan fingerprint density at radius 1 is 1.00 bits per heavy atom. The molecule has 0 amide bonds. The van der Waals surface area contributed by atoms with Gasteiger partial charge in [0, 0.05) is 24.4 Å². The van der Waals surface area contributed by atoms with E-state index in [1.807, 2.05) is 24.3 Å². The molecule has 0 radical (unpaired) electrons. The highest BCUT2D eigenvalue weighted by atomic mass is 16.5. The fourth-order valence-electron chi connectivity index (χ4n) is 3.45. The number of carboxylic acid groups (broad SMARTS) is 1. The number of hydrogen-bond donors (Lipinski definition) is 1. The molecule has 0 fully saturated rings. The number of aliphatic carboxylic acids is 1. The minimum Gasteiger partial charge on any atom is -0.492 e. The molecule has 5 heteroatoms. The third-order valence-corrected chi connectivity index (χ3v) is 5.12. The average Bonchev–Trinajstić information content (AvgIpc) is 3.10. The second-order valence-corrected chi connectivity index (χ2v) is 7.36. The zero-order valence-corrected chi connectivity index (χ0v) is 17.8. The zero-order chi connectivity index (χ0) is 21.5. The number of nitrogens with zero attached hydrogens (tertiary/aromatic N) is 1. The van der Waals surface area contributed by atoms with Gasteiger partial charge in [0.2, 0.25) is 0 Å². The Bertz CT molecular complexity index is 958. The van der Waals surface area contributed by atoms with E-state index in [1.165, 1.54) is 22.5 Å². The van der Waals surface area contributed by atoms with E-state index >= 15 is 0 Å². The molecular formula is C25H29NO4. The third kappa shape index (κ3) is 5.51. The molecule has 0 spiro atoms. The summed E-state index contributed by atoms with van der Waals surface area (Å²) in [5.41, 5.74) is 5.73. The van der Waals surface area contributed by atoms with E-state index in [1.54, 1.807) is 6.92 Å². The molecule has 0 unspecified atom stereocenters. The summed E-state index contributed by atoms with van der Waals surface area (Å²) in [7, 11) is 0. The van der Waals surface area contributed by atoms with E-state index in [9.17, 15) is 9.90 Å². The van der Waals surface area contributed by atoms with E-state index < -0.39 is 12.1 Å². The lowest BCUT2D eigenvalue weighted by molar-refractivity contribution is -0.149. The van der Waals surface area contributed by atoms with Gasteiger partial charge in [-0.15, -0.1) is 0 Å². The third-order valence-electron chi connectivity index (χ3n) is 5.12. The van der Waals surface area contributed by atoms with Crippen molar-refractivity contribution in [3.05, 3.63) is 77.5 Å². The minimum absolute atomic E-state index is 0.339. The molecular weight excluding hydrogens is 378 g/mol. The first-order valence-electron chi connectivity index (χ1n) is 10.3. The summed E-state index contributed by atoms with van der Waals surface area (Å²) >= 11 is 0. The quantitative estimate of drug-likeness (QED) is 0.520. The molecule has 0 saturated carbocycles. The summed E-state index contributed by atoms with van der Waals surface area (Å²) in [5, 5.41) is 9.22. The molecule has 5 nitrogen and oxygen atoms in total. The number of benzene rings is 2. The first-order valence-corrected chi connectivity index (χ1v) is 10.3. The Labute approximate surface area is 177 Å². The summed E-state index contributed by atoms with van der Waals surface area (Å²) in [6.07, 6.45) is -0.481. The van der Waals surface area contributed by atoms with Crippen LogP contribution in [0.25, 0.3) is 11.3 Å². The predicted molar refractivity (Wildman–Crippen MR) is 118 cm³/mol. The summed E-state index contributed by atoms with van der Waals surface area (Å²) < 4.78 is 13.5. The fourth-order valence-corrected chi connectivity index (χ4v) is 3.45. The summed E-state index contributed by atoms with van der Waals surface area (Å²) in [4.78, 5) is 11.2. The monoisotopic (exact) mass is 407 g/mol. The van der Waals surface area contributed by atoms with Crippen molar-refractivity contribution in [3.8, 4) is 17.0 Å². The molecule has 1 N–H and O–H groups in total. The summed E-state index contributed by atoms with van der Waals surface area (Å²) in [6.45, 7) is 7.65. The van der Waals surface area contributed by atoms with Crippen molar-refractivity contribution in [2.45, 2.75) is 39.8 Å². The van der Waals surface area contributed by atoms with E-state index in [0.717, 1.165) is 17.9 Å². The molecule has 0 aliphatic carbocycles. The molecule has 1 aromatic heterocycles. The molecule has 3 rings (SSSR count). The van der Waals surface area contributed by atoms with Gasteiger partial charge in [0.1, 0.15) is 12.4 Å². The number of rotatable bonds is 10. The van der Waals surface area contributed by atoms with Gasteiger partial charge < -0.3 is 19.1 Å². The highest BCUT2D eigenvalue weighted by Gasteiger charge is 2.17. The Hall–Kier alpha value is -3.05. The maximum absolute atomic E-state index is 11.2. The van der Waals surface area contributed by atoms with Crippen LogP contribution in [0.5, 0.6) is 5.75 Å². The maximum atomic E-state index is 11.2. The van der Waals surface area contributed by atoms with Gasteiger partial charge in [0.15, 0.2) is 6.10 Å². The van der Waals surface area contributed by atoms with E-state index in [2.05, 4.69) is 54.8 Å². The van der Waals surface area contributed by atoms with Crippen molar-refractivity contribution in [3.63, 3.8) is 0 Å². The predicted octanol–water partition coefficient (Wildman–Crippen LogP) is 4.88. The first kappa shape index (κ1) is 21.7. The molecule has 158 valence electrons. The Balaban J connectivity index is 1.59. The number of ether oxygens (including phenoxy) is 2. The van der Waals surface area contributed by atoms with Crippen LogP contribution >= 0.6 is 0 Å². The van der Waals surface area contributed by atoms with Crippen LogP contribution in [-0.2, 0) is 22.5 Å². The minimum atomic E-state index is -0.941. The lowest BCUT2D eigenvalue weighted by Gasteiger charge is -2.14. The number of aromatic nitrogens is 1. The smallest absolute Gasteiger partial charge is 0.333 e. The van der Waals surface area contributed by atoms with Gasteiger partial charge in [0.25, 0.3) is 0 Å². The van der Waals surface area contributed by atoms with Crippen LogP contribution in [-0.4, -0.2) is 35.0 Å². The van der Waals surface area contributed by atoms with Crippen molar-refractivity contribution in [2.75, 3.05) is 13.2 Å². The van der Waals surface area contributed by atoms with Crippen LogP contribution in [0.4, 0.5) is 0 Å². The number of carboxylic acids is 1. The molecule has 2 aromatic carbocycles. The van der Waals surface area contributed by atoms with Gasteiger partial charge in [0.05, 0.1) is 6.54 Å². The SMILES string of the molecule is CCO[C@@H](Cc1ccc(OCCn2c(C)ccc2-c2ccc(C)cc2)cc1)C(=O)O. The fraction of sp³-hybridized carbons (Fsp3) is 0.320. The molecule has 0 aliphatic rings. The Morgan fingerprint density at radius 3 is 2.33 bits per heavy atom. The second kappa shape index (κ2) is 10.1. The molecule has 1 atom stereocenters. The van der Waals surface area contributed by atoms with Crippen molar-refractivity contribution in [1.29, 1.82) is 0 Å². The first-order chi connectivity index (χ1) is 14.5. The lowest BCUT2D eigenvalue weighted by Crippen LogP contribution is -2.26. The van der Waals surface area contributed by atoms with E-state index in [-0.39, 0.29) is 0 Å². The van der Waals surface area contributed by atoms with Crippen molar-refractivity contribution in [1.82, 2.24) is 4.57 Å². The van der Waals surface area contributed by atoms with E-state index in [0.29, 0.717) is 19.6 Å². The van der Waals surface area contributed by atoms with Crippen LogP contribution in [0.2, 0.25) is 0 Å². The van der Waals surface area contributed by atoms with E-state index in [4.69, 9.17) is 9.47 Å². The maximum Gasteiger partial charge on any atom is 0.333 e. The number of aryl methyl sites for hydroxylation is 2. The standard InChI is InChI=1S/C25H29NO4/c1-4-29-24(25(27)28)17-20-8-12-22(13-9-20)30-16-15-26-19(3)7-14-23(26)21-10-5-18(2)6-11-21/h5-14,24H,4,15-17H2,1-3H3,(H,27,28)/t24-/m0/s1. The highest BCUT2D eigenvalue weighted by molar-refractivity contribution is 5.72. The molecule has 0 aliphatic heterocycles. The summed E-state index contributed by atoms with van der Waals surface area (Å²) in [6, 6.07) is 20.4. The van der Waals surface area contributed by atoms with Gasteiger partial charge in [-0.25, -0.2) is 4.79 Å². The molecule has 1 heterocycles. The Kier molecular flexibility index (Phi) is 7.31. The van der Waals surface area contributed by atoms with Crippen molar-refractivity contribution < 1.29 is 19.4 Å². The van der Waals surface area contributed by atoms with Crippen LogP contribution in [0.1, 0.15) is 23.7 Å². The van der Waals surface area contributed by atoms with Crippen LogP contribution < -0.4 is 4.74 Å². The highest BCUT2D eigenvalue weighted by Crippen LogP contribution is 2.23. The van der Waals surface area contributed by atoms with Crippen LogP contribution in [0.3, 0.4) is 0 Å². The largest absolute Gasteiger partial charge is 0.492 e. The van der Waals surface area contributed by atoms with Gasteiger partial charge in [-0.1, -0.05) is 42.0 Å². The van der Waals surface area contributed by atoms with Gasteiger partial charge >= 0.3 is 5.97 Å². The number of hydrogen-bond acceptors (Lipinski definition) is 3. The number of carbonyl (C=O) groups is 1. The summed E-state index contributed by atoms with van der Waals surface area (Å²) in [5.74, 6) is -0.174. The molecule has 0 bridgehead atoms. The van der Waals surface area contributed by atoms with Gasteiger partial charge in [-0.2, -0.15) is 0 Å². The second-order valence-electron chi connectivity index (χ2n) is 7.36. The topological polar surface area (TPSA) is 60.7 Å². The Morgan fingerprint density at radius 2 is 1.70 bits per heavy atom. The zero-order valence-electron chi connectivity index (χ0n) is 17.8. The van der Waals surface area contributed by atoms with Gasteiger partial charge in [-0.05, 0) is 56.2 Å². The normalized spacial score (nSPS) is 12.0. The molecule has 30 heavy (non-hydrogen) atoms. The van der Waals surface area contributed by atoms with Crippen LogP contribution in [0.15, 0.2) is 60.7 Å². The lowest BCUT2D eigenvalue weighted by atomic mass is 10.1. The molecule has 0 saturated heterocycles. The van der Waals surface area contributed by atoms with Crippen molar-refractivity contribution >= 4 is 5.97 Å².